The largest absolute Gasteiger partial charge is 0.361 e. The van der Waals surface area contributed by atoms with Crippen LogP contribution in [0, 0.1) is 13.8 Å². The number of likely N-dealkylation sites (tertiary alicyclic amines) is 1. The first-order valence-electron chi connectivity index (χ1n) is 6.28. The van der Waals surface area contributed by atoms with Crippen molar-refractivity contribution in [3.05, 3.63) is 28.9 Å². The Hall–Kier alpha value is -2.18. The number of hydrogen-bond donors (Lipinski definition) is 1. The number of carbonyl (C=O) groups excluding carboxylic acids is 1. The van der Waals surface area contributed by atoms with Gasteiger partial charge >= 0.3 is 0 Å². The van der Waals surface area contributed by atoms with Gasteiger partial charge in [-0.05, 0) is 26.7 Å². The Morgan fingerprint density at radius 1 is 1.53 bits per heavy atom. The highest BCUT2D eigenvalue weighted by molar-refractivity contribution is 5.92. The SMILES string of the molecule is Cc1noc(C)c1[C@@H]1CCCN1C(=O)c1cn[nH]n1. The van der Waals surface area contributed by atoms with Gasteiger partial charge in [-0.2, -0.15) is 15.4 Å². The molecule has 0 spiro atoms. The first-order chi connectivity index (χ1) is 9.18. The molecule has 0 unspecified atom stereocenters. The van der Waals surface area contributed by atoms with Gasteiger partial charge < -0.3 is 9.42 Å². The molecule has 7 nitrogen and oxygen atoms in total. The van der Waals surface area contributed by atoms with E-state index in [2.05, 4.69) is 20.6 Å². The molecule has 19 heavy (non-hydrogen) atoms. The Kier molecular flexibility index (Phi) is 2.81. The number of aryl methyl sites for hydroxylation is 2. The van der Waals surface area contributed by atoms with Gasteiger partial charge in [-0.1, -0.05) is 5.16 Å². The van der Waals surface area contributed by atoms with E-state index in [-0.39, 0.29) is 11.9 Å². The Balaban J connectivity index is 1.92. The van der Waals surface area contributed by atoms with E-state index in [1.165, 1.54) is 6.20 Å². The van der Waals surface area contributed by atoms with E-state index in [0.29, 0.717) is 5.69 Å². The van der Waals surface area contributed by atoms with Gasteiger partial charge in [-0.15, -0.1) is 0 Å². The van der Waals surface area contributed by atoms with Crippen molar-refractivity contribution >= 4 is 5.91 Å². The lowest BCUT2D eigenvalue weighted by Crippen LogP contribution is -2.31. The van der Waals surface area contributed by atoms with Crippen LogP contribution in [0.2, 0.25) is 0 Å². The monoisotopic (exact) mass is 261 g/mol. The fourth-order valence-corrected chi connectivity index (χ4v) is 2.73. The van der Waals surface area contributed by atoms with Gasteiger partial charge in [0.2, 0.25) is 0 Å². The molecule has 1 atom stereocenters. The number of aromatic amines is 1. The average molecular weight is 261 g/mol. The molecule has 1 N–H and O–H groups in total. The van der Waals surface area contributed by atoms with Crippen LogP contribution in [0.3, 0.4) is 0 Å². The van der Waals surface area contributed by atoms with Crippen LogP contribution >= 0.6 is 0 Å². The minimum Gasteiger partial charge on any atom is -0.361 e. The van der Waals surface area contributed by atoms with E-state index in [1.54, 1.807) is 0 Å². The van der Waals surface area contributed by atoms with Gasteiger partial charge in [0, 0.05) is 12.1 Å². The maximum absolute atomic E-state index is 12.4. The number of H-pyrrole nitrogens is 1. The standard InChI is InChI=1S/C12H15N5O2/c1-7-11(8(2)19-15-7)10-4-3-5-17(10)12(18)9-6-13-16-14-9/h6,10H,3-5H2,1-2H3,(H,13,14,16)/t10-/m0/s1. The zero-order valence-electron chi connectivity index (χ0n) is 10.9. The summed E-state index contributed by atoms with van der Waals surface area (Å²) in [6.07, 6.45) is 3.34. The predicted octanol–water partition coefficient (Wildman–Crippen LogP) is 1.39. The molecule has 0 bridgehead atoms. The van der Waals surface area contributed by atoms with Crippen LogP contribution in [0.1, 0.15) is 46.4 Å². The molecule has 0 radical (unpaired) electrons. The van der Waals surface area contributed by atoms with Crippen LogP contribution in [0.25, 0.3) is 0 Å². The summed E-state index contributed by atoms with van der Waals surface area (Å²) in [6.45, 7) is 4.51. The summed E-state index contributed by atoms with van der Waals surface area (Å²) in [6, 6.07) is 0.0236. The number of hydrogen-bond acceptors (Lipinski definition) is 5. The summed E-state index contributed by atoms with van der Waals surface area (Å²) in [5.41, 5.74) is 2.22. The quantitative estimate of drug-likeness (QED) is 0.882. The highest BCUT2D eigenvalue weighted by atomic mass is 16.5. The van der Waals surface area contributed by atoms with Crippen molar-refractivity contribution in [2.75, 3.05) is 6.54 Å². The molecule has 1 aliphatic rings. The number of carbonyl (C=O) groups is 1. The lowest BCUT2D eigenvalue weighted by molar-refractivity contribution is 0.0728. The second-order valence-electron chi connectivity index (χ2n) is 4.75. The first kappa shape index (κ1) is 11.9. The van der Waals surface area contributed by atoms with Crippen LogP contribution in [-0.4, -0.2) is 37.9 Å². The van der Waals surface area contributed by atoms with Crippen molar-refractivity contribution in [1.82, 2.24) is 25.5 Å². The summed E-state index contributed by atoms with van der Waals surface area (Å²) in [5, 5.41) is 14.0. The molecule has 7 heteroatoms. The van der Waals surface area contributed by atoms with Gasteiger partial charge in [-0.25, -0.2) is 0 Å². The highest BCUT2D eigenvalue weighted by Gasteiger charge is 2.34. The minimum atomic E-state index is -0.101. The molecule has 1 saturated heterocycles. The van der Waals surface area contributed by atoms with Crippen molar-refractivity contribution in [2.24, 2.45) is 0 Å². The predicted molar refractivity (Wildman–Crippen MR) is 65.4 cm³/mol. The summed E-state index contributed by atoms with van der Waals surface area (Å²) in [4.78, 5) is 14.2. The van der Waals surface area contributed by atoms with E-state index in [4.69, 9.17) is 4.52 Å². The Morgan fingerprint density at radius 2 is 2.37 bits per heavy atom. The third-order valence-corrected chi connectivity index (χ3v) is 3.57. The molecule has 0 aliphatic carbocycles. The third kappa shape index (κ3) is 1.91. The zero-order chi connectivity index (χ0) is 13.4. The Labute approximate surface area is 110 Å². The van der Waals surface area contributed by atoms with E-state index < -0.39 is 0 Å². The van der Waals surface area contributed by atoms with Crippen molar-refractivity contribution in [1.29, 1.82) is 0 Å². The van der Waals surface area contributed by atoms with Crippen molar-refractivity contribution in [3.8, 4) is 0 Å². The van der Waals surface area contributed by atoms with E-state index in [0.717, 1.165) is 36.4 Å². The Bertz CT molecular complexity index is 570. The zero-order valence-corrected chi connectivity index (χ0v) is 10.9. The lowest BCUT2D eigenvalue weighted by Gasteiger charge is -2.23. The molecule has 0 aromatic carbocycles. The summed E-state index contributed by atoms with van der Waals surface area (Å²) < 4.78 is 5.20. The normalized spacial score (nSPS) is 19.1. The minimum absolute atomic E-state index is 0.0236. The van der Waals surface area contributed by atoms with Crippen molar-refractivity contribution in [2.45, 2.75) is 32.7 Å². The van der Waals surface area contributed by atoms with Gasteiger partial charge in [0.15, 0.2) is 5.69 Å². The number of nitrogens with one attached hydrogen (secondary N) is 1. The summed E-state index contributed by atoms with van der Waals surface area (Å²) in [5.74, 6) is 0.679. The summed E-state index contributed by atoms with van der Waals surface area (Å²) in [7, 11) is 0. The second-order valence-corrected chi connectivity index (χ2v) is 4.75. The van der Waals surface area contributed by atoms with Crippen LogP contribution in [-0.2, 0) is 0 Å². The van der Waals surface area contributed by atoms with Crippen LogP contribution in [0.15, 0.2) is 10.7 Å². The second kappa shape index (κ2) is 4.49. The van der Waals surface area contributed by atoms with Crippen molar-refractivity contribution in [3.63, 3.8) is 0 Å². The van der Waals surface area contributed by atoms with Gasteiger partial charge in [0.1, 0.15) is 5.76 Å². The highest BCUT2D eigenvalue weighted by Crippen LogP contribution is 2.36. The molecule has 1 fully saturated rings. The molecular formula is C12H15N5O2. The molecule has 2 aromatic rings. The first-order valence-corrected chi connectivity index (χ1v) is 6.28. The Morgan fingerprint density at radius 3 is 3.00 bits per heavy atom. The summed E-state index contributed by atoms with van der Waals surface area (Å²) >= 11 is 0. The van der Waals surface area contributed by atoms with Crippen LogP contribution in [0.4, 0.5) is 0 Å². The molecule has 0 saturated carbocycles. The molecule has 2 aromatic heterocycles. The number of aromatic nitrogens is 4. The third-order valence-electron chi connectivity index (χ3n) is 3.57. The molecule has 1 aliphatic heterocycles. The molecule has 1 amide bonds. The van der Waals surface area contributed by atoms with Gasteiger partial charge in [0.05, 0.1) is 17.9 Å². The van der Waals surface area contributed by atoms with Gasteiger partial charge in [0.25, 0.3) is 5.91 Å². The molecular weight excluding hydrogens is 246 g/mol. The van der Waals surface area contributed by atoms with E-state index >= 15 is 0 Å². The van der Waals surface area contributed by atoms with E-state index in [1.807, 2.05) is 18.7 Å². The molecule has 3 heterocycles. The van der Waals surface area contributed by atoms with Gasteiger partial charge in [-0.3, -0.25) is 4.79 Å². The van der Waals surface area contributed by atoms with E-state index in [9.17, 15) is 4.79 Å². The number of nitrogens with zero attached hydrogens (tertiary/aromatic N) is 4. The molecule has 100 valence electrons. The van der Waals surface area contributed by atoms with Crippen LogP contribution in [0.5, 0.6) is 0 Å². The fraction of sp³-hybridized carbons (Fsp3) is 0.500. The lowest BCUT2D eigenvalue weighted by atomic mass is 10.0. The van der Waals surface area contributed by atoms with Crippen molar-refractivity contribution < 1.29 is 9.32 Å². The molecule has 3 rings (SSSR count). The number of rotatable bonds is 2. The average Bonchev–Trinajstić information content (AvgIpc) is 3.10. The fourth-order valence-electron chi connectivity index (χ4n) is 2.73. The number of amides is 1. The maximum atomic E-state index is 12.4. The topological polar surface area (TPSA) is 87.9 Å². The van der Waals surface area contributed by atoms with Crippen LogP contribution < -0.4 is 0 Å². The maximum Gasteiger partial charge on any atom is 0.276 e. The smallest absolute Gasteiger partial charge is 0.276 e.